The zero-order valence-electron chi connectivity index (χ0n) is 14.8. The fraction of sp³-hybridized carbons (Fsp3) is 0.350. The second kappa shape index (κ2) is 8.99. The summed E-state index contributed by atoms with van der Waals surface area (Å²) in [5.41, 5.74) is 1.05. The Morgan fingerprint density at radius 1 is 1.04 bits per heavy atom. The van der Waals surface area contributed by atoms with Gasteiger partial charge in [0.2, 0.25) is 5.91 Å². The molecule has 0 radical (unpaired) electrons. The van der Waals surface area contributed by atoms with Gasteiger partial charge in [-0.25, -0.2) is 0 Å². The van der Waals surface area contributed by atoms with E-state index in [1.54, 1.807) is 7.11 Å². The van der Waals surface area contributed by atoms with E-state index in [-0.39, 0.29) is 5.91 Å². The normalized spacial score (nSPS) is 12.3. The van der Waals surface area contributed by atoms with Gasteiger partial charge in [0.25, 0.3) is 0 Å². The molecule has 0 aromatic heterocycles. The van der Waals surface area contributed by atoms with Crippen molar-refractivity contribution < 1.29 is 23.7 Å². The number of rotatable bonds is 8. The highest BCUT2D eigenvalue weighted by Gasteiger charge is 2.12. The number of hydrogen-bond donors (Lipinski definition) is 1. The van der Waals surface area contributed by atoms with Crippen molar-refractivity contribution in [2.75, 3.05) is 33.5 Å². The number of aryl methyl sites for hydroxylation is 1. The predicted molar refractivity (Wildman–Crippen MR) is 97.3 cm³/mol. The Morgan fingerprint density at radius 3 is 2.54 bits per heavy atom. The Balaban J connectivity index is 1.35. The summed E-state index contributed by atoms with van der Waals surface area (Å²) >= 11 is 0. The van der Waals surface area contributed by atoms with Crippen molar-refractivity contribution in [3.8, 4) is 23.0 Å². The van der Waals surface area contributed by atoms with Crippen molar-refractivity contribution in [1.82, 2.24) is 5.32 Å². The summed E-state index contributed by atoms with van der Waals surface area (Å²) < 4.78 is 21.7. The minimum atomic E-state index is -0.00165. The number of benzene rings is 2. The van der Waals surface area contributed by atoms with Crippen LogP contribution in [-0.4, -0.2) is 39.4 Å². The zero-order valence-corrected chi connectivity index (χ0v) is 14.8. The molecule has 1 aliphatic rings. The molecule has 1 N–H and O–H groups in total. The van der Waals surface area contributed by atoms with E-state index in [1.807, 2.05) is 42.5 Å². The maximum atomic E-state index is 12.0. The van der Waals surface area contributed by atoms with E-state index < -0.39 is 0 Å². The monoisotopic (exact) mass is 357 g/mol. The summed E-state index contributed by atoms with van der Waals surface area (Å²) in [4.78, 5) is 12.0. The SMILES string of the molecule is COc1ccc(OCCNC(=O)CCc2ccc3c(c2)OCCO3)cc1. The lowest BCUT2D eigenvalue weighted by molar-refractivity contribution is -0.121. The molecule has 1 heterocycles. The van der Waals surface area contributed by atoms with Crippen LogP contribution in [0.3, 0.4) is 0 Å². The van der Waals surface area contributed by atoms with Crippen LogP contribution in [0.5, 0.6) is 23.0 Å². The van der Waals surface area contributed by atoms with Crippen LogP contribution >= 0.6 is 0 Å². The molecule has 1 aliphatic heterocycles. The number of nitrogens with one attached hydrogen (secondary N) is 1. The topological polar surface area (TPSA) is 66.0 Å². The molecular weight excluding hydrogens is 334 g/mol. The molecule has 0 saturated carbocycles. The summed E-state index contributed by atoms with van der Waals surface area (Å²) in [6, 6.07) is 13.1. The lowest BCUT2D eigenvalue weighted by Crippen LogP contribution is -2.28. The molecule has 6 nitrogen and oxygen atoms in total. The fourth-order valence-corrected chi connectivity index (χ4v) is 2.62. The van der Waals surface area contributed by atoms with Crippen LogP contribution < -0.4 is 24.3 Å². The van der Waals surface area contributed by atoms with Crippen LogP contribution in [-0.2, 0) is 11.2 Å². The molecule has 0 atom stereocenters. The molecule has 26 heavy (non-hydrogen) atoms. The summed E-state index contributed by atoms with van der Waals surface area (Å²) in [7, 11) is 1.62. The van der Waals surface area contributed by atoms with Crippen molar-refractivity contribution in [1.29, 1.82) is 0 Å². The Hall–Kier alpha value is -2.89. The number of carbonyl (C=O) groups is 1. The third-order valence-corrected chi connectivity index (χ3v) is 4.00. The van der Waals surface area contributed by atoms with E-state index in [0.29, 0.717) is 39.2 Å². The van der Waals surface area contributed by atoms with Gasteiger partial charge in [-0.2, -0.15) is 0 Å². The average molecular weight is 357 g/mol. The summed E-state index contributed by atoms with van der Waals surface area (Å²) in [6.07, 6.45) is 1.07. The van der Waals surface area contributed by atoms with Crippen molar-refractivity contribution in [2.24, 2.45) is 0 Å². The number of ether oxygens (including phenoxy) is 4. The molecule has 2 aromatic rings. The number of fused-ring (bicyclic) bond motifs is 1. The van der Waals surface area contributed by atoms with Gasteiger partial charge in [-0.15, -0.1) is 0 Å². The molecule has 2 aromatic carbocycles. The molecule has 1 amide bonds. The van der Waals surface area contributed by atoms with Crippen LogP contribution in [0.4, 0.5) is 0 Å². The van der Waals surface area contributed by atoms with E-state index >= 15 is 0 Å². The largest absolute Gasteiger partial charge is 0.497 e. The maximum Gasteiger partial charge on any atom is 0.220 e. The van der Waals surface area contributed by atoms with Gasteiger partial charge in [0.1, 0.15) is 31.3 Å². The average Bonchev–Trinajstić information content (AvgIpc) is 2.70. The third kappa shape index (κ3) is 5.05. The molecule has 0 aliphatic carbocycles. The van der Waals surface area contributed by atoms with E-state index in [0.717, 1.165) is 28.6 Å². The highest BCUT2D eigenvalue weighted by molar-refractivity contribution is 5.76. The molecule has 0 spiro atoms. The van der Waals surface area contributed by atoms with E-state index in [1.165, 1.54) is 0 Å². The minimum Gasteiger partial charge on any atom is -0.497 e. The van der Waals surface area contributed by atoms with Gasteiger partial charge >= 0.3 is 0 Å². The number of hydrogen-bond acceptors (Lipinski definition) is 5. The first kappa shape index (κ1) is 17.9. The van der Waals surface area contributed by atoms with E-state index in [9.17, 15) is 4.79 Å². The molecule has 0 fully saturated rings. The molecule has 0 unspecified atom stereocenters. The molecule has 138 valence electrons. The van der Waals surface area contributed by atoms with Crippen LogP contribution in [0.25, 0.3) is 0 Å². The second-order valence-corrected chi connectivity index (χ2v) is 5.85. The lowest BCUT2D eigenvalue weighted by Gasteiger charge is -2.18. The number of carbonyl (C=O) groups excluding carboxylic acids is 1. The quantitative estimate of drug-likeness (QED) is 0.736. The molecule has 0 saturated heterocycles. The van der Waals surface area contributed by atoms with Crippen molar-refractivity contribution in [3.63, 3.8) is 0 Å². The standard InChI is InChI=1S/C20H23NO5/c1-23-16-4-6-17(7-5-16)24-11-10-21-20(22)9-3-15-2-8-18-19(14-15)26-13-12-25-18/h2,4-8,14H,3,9-13H2,1H3,(H,21,22). The van der Waals surface area contributed by atoms with Gasteiger partial charge in [0, 0.05) is 6.42 Å². The van der Waals surface area contributed by atoms with Crippen molar-refractivity contribution in [3.05, 3.63) is 48.0 Å². The van der Waals surface area contributed by atoms with Crippen LogP contribution in [0.15, 0.2) is 42.5 Å². The first-order chi connectivity index (χ1) is 12.7. The highest BCUT2D eigenvalue weighted by Crippen LogP contribution is 2.31. The maximum absolute atomic E-state index is 12.0. The van der Waals surface area contributed by atoms with Crippen molar-refractivity contribution >= 4 is 5.91 Å². The van der Waals surface area contributed by atoms with Gasteiger partial charge in [0.15, 0.2) is 11.5 Å². The first-order valence-corrected chi connectivity index (χ1v) is 8.66. The van der Waals surface area contributed by atoms with Gasteiger partial charge in [-0.05, 0) is 48.4 Å². The third-order valence-electron chi connectivity index (χ3n) is 4.00. The number of amides is 1. The van der Waals surface area contributed by atoms with Crippen LogP contribution in [0.1, 0.15) is 12.0 Å². The Labute approximate surface area is 153 Å². The minimum absolute atomic E-state index is 0.00165. The smallest absolute Gasteiger partial charge is 0.220 e. The second-order valence-electron chi connectivity index (χ2n) is 5.85. The van der Waals surface area contributed by atoms with Gasteiger partial charge in [-0.1, -0.05) is 6.07 Å². The van der Waals surface area contributed by atoms with Crippen LogP contribution in [0, 0.1) is 0 Å². The van der Waals surface area contributed by atoms with Gasteiger partial charge < -0.3 is 24.3 Å². The zero-order chi connectivity index (χ0) is 18.2. The predicted octanol–water partition coefficient (Wildman–Crippen LogP) is 2.59. The summed E-state index contributed by atoms with van der Waals surface area (Å²) in [5.74, 6) is 3.04. The van der Waals surface area contributed by atoms with E-state index in [4.69, 9.17) is 18.9 Å². The van der Waals surface area contributed by atoms with Crippen LogP contribution in [0.2, 0.25) is 0 Å². The summed E-state index contributed by atoms with van der Waals surface area (Å²) in [5, 5.41) is 2.86. The lowest BCUT2D eigenvalue weighted by atomic mass is 10.1. The van der Waals surface area contributed by atoms with Crippen molar-refractivity contribution in [2.45, 2.75) is 12.8 Å². The fourth-order valence-electron chi connectivity index (χ4n) is 2.62. The Morgan fingerprint density at radius 2 is 1.77 bits per heavy atom. The Kier molecular flexibility index (Phi) is 6.19. The molecule has 6 heteroatoms. The van der Waals surface area contributed by atoms with Gasteiger partial charge in [-0.3, -0.25) is 4.79 Å². The van der Waals surface area contributed by atoms with E-state index in [2.05, 4.69) is 5.32 Å². The molecule has 3 rings (SSSR count). The highest BCUT2D eigenvalue weighted by atomic mass is 16.6. The molecule has 0 bridgehead atoms. The number of methoxy groups -OCH3 is 1. The summed E-state index contributed by atoms with van der Waals surface area (Å²) in [6.45, 7) is 2.02. The Bertz CT molecular complexity index is 729. The van der Waals surface area contributed by atoms with Gasteiger partial charge in [0.05, 0.1) is 13.7 Å². The first-order valence-electron chi connectivity index (χ1n) is 8.66. The molecular formula is C20H23NO5.